The molecule has 0 heterocycles. The van der Waals surface area contributed by atoms with E-state index in [2.05, 4.69) is 53.8 Å². The first-order chi connectivity index (χ1) is 14.6. The van der Waals surface area contributed by atoms with Crippen molar-refractivity contribution < 1.29 is 9.53 Å². The van der Waals surface area contributed by atoms with Gasteiger partial charge in [0.25, 0.3) is 0 Å². The fourth-order valence-corrected chi connectivity index (χ4v) is 3.76. The minimum absolute atomic E-state index is 0.0614. The van der Waals surface area contributed by atoms with E-state index in [1.165, 1.54) is 11.1 Å². The van der Waals surface area contributed by atoms with E-state index in [1.807, 2.05) is 37.3 Å². The summed E-state index contributed by atoms with van der Waals surface area (Å²) < 4.78 is 5.76. The van der Waals surface area contributed by atoms with Crippen LogP contribution in [0.1, 0.15) is 41.9 Å². The molecule has 156 valence electrons. The van der Waals surface area contributed by atoms with Crippen LogP contribution in [0.2, 0.25) is 5.02 Å². The molecule has 0 aliphatic carbocycles. The molecule has 30 heavy (non-hydrogen) atoms. The van der Waals surface area contributed by atoms with Gasteiger partial charge in [0, 0.05) is 23.9 Å². The van der Waals surface area contributed by atoms with Gasteiger partial charge in [-0.05, 0) is 54.7 Å². The van der Waals surface area contributed by atoms with Crippen LogP contribution in [0.25, 0.3) is 0 Å². The Morgan fingerprint density at radius 1 is 0.967 bits per heavy atom. The molecule has 3 nitrogen and oxygen atoms in total. The molecule has 0 radical (unpaired) electrons. The Kier molecular flexibility index (Phi) is 8.34. The Morgan fingerprint density at radius 3 is 2.20 bits per heavy atom. The van der Waals surface area contributed by atoms with Crippen LogP contribution in [0.15, 0.2) is 78.9 Å². The van der Waals surface area contributed by atoms with Crippen LogP contribution in [0.5, 0.6) is 5.75 Å². The largest absolute Gasteiger partial charge is 0.493 e. The molecule has 0 spiro atoms. The van der Waals surface area contributed by atoms with E-state index in [4.69, 9.17) is 16.3 Å². The maximum atomic E-state index is 12.2. The lowest BCUT2D eigenvalue weighted by molar-refractivity contribution is -0.121. The van der Waals surface area contributed by atoms with Crippen LogP contribution in [-0.4, -0.2) is 19.1 Å². The van der Waals surface area contributed by atoms with Gasteiger partial charge in [-0.3, -0.25) is 4.79 Å². The van der Waals surface area contributed by atoms with Gasteiger partial charge >= 0.3 is 0 Å². The molecule has 0 saturated carbocycles. The summed E-state index contributed by atoms with van der Waals surface area (Å²) in [5.74, 6) is 1.14. The van der Waals surface area contributed by atoms with Gasteiger partial charge in [-0.25, -0.2) is 0 Å². The average molecular weight is 422 g/mol. The molecule has 1 N–H and O–H groups in total. The number of carbonyl (C=O) groups excluding carboxylic acids is 1. The van der Waals surface area contributed by atoms with Gasteiger partial charge in [0.2, 0.25) is 5.91 Å². The fraction of sp³-hybridized carbons (Fsp3) is 0.269. The summed E-state index contributed by atoms with van der Waals surface area (Å²) in [6.45, 7) is 3.11. The number of ether oxygens (including phenoxy) is 1. The number of halogens is 1. The number of hydrogen-bond acceptors (Lipinski definition) is 2. The Balaban J connectivity index is 1.43. The molecule has 0 saturated heterocycles. The van der Waals surface area contributed by atoms with Gasteiger partial charge in [0.05, 0.1) is 6.61 Å². The van der Waals surface area contributed by atoms with Crippen molar-refractivity contribution in [3.63, 3.8) is 0 Å². The zero-order chi connectivity index (χ0) is 21.2. The molecular formula is C26H28ClNO2. The molecule has 0 aromatic heterocycles. The van der Waals surface area contributed by atoms with Crippen LogP contribution >= 0.6 is 11.6 Å². The molecule has 4 heteroatoms. The normalized spacial score (nSPS) is 10.8. The monoisotopic (exact) mass is 421 g/mol. The van der Waals surface area contributed by atoms with E-state index in [0.717, 1.165) is 17.7 Å². The molecular weight excluding hydrogens is 394 g/mol. The summed E-state index contributed by atoms with van der Waals surface area (Å²) in [5, 5.41) is 3.76. The first-order valence-corrected chi connectivity index (χ1v) is 10.8. The first-order valence-electron chi connectivity index (χ1n) is 10.4. The van der Waals surface area contributed by atoms with Gasteiger partial charge in [-0.15, -0.1) is 0 Å². The highest BCUT2D eigenvalue weighted by atomic mass is 35.5. The molecule has 0 aliphatic heterocycles. The van der Waals surface area contributed by atoms with Gasteiger partial charge < -0.3 is 10.1 Å². The number of carbonyl (C=O) groups is 1. The minimum Gasteiger partial charge on any atom is -0.493 e. The number of hydrogen-bond donors (Lipinski definition) is 1. The molecule has 0 unspecified atom stereocenters. The van der Waals surface area contributed by atoms with Crippen LogP contribution in [-0.2, 0) is 4.79 Å². The third-order valence-corrected chi connectivity index (χ3v) is 5.34. The standard InChI is InChI=1S/C26H28ClNO2/c1-20-19-23(27)14-15-25(20)30-18-8-13-26(29)28-17-16-24(21-9-4-2-5-10-21)22-11-6-3-7-12-22/h2-7,9-12,14-15,19,24H,8,13,16-18H2,1H3,(H,28,29). The molecule has 0 fully saturated rings. The zero-order valence-electron chi connectivity index (χ0n) is 17.3. The summed E-state index contributed by atoms with van der Waals surface area (Å²) in [4.78, 5) is 12.2. The summed E-state index contributed by atoms with van der Waals surface area (Å²) in [5.41, 5.74) is 3.54. The quantitative estimate of drug-likeness (QED) is 0.399. The Morgan fingerprint density at radius 2 is 1.60 bits per heavy atom. The highest BCUT2D eigenvalue weighted by Crippen LogP contribution is 2.27. The van der Waals surface area contributed by atoms with Crippen molar-refractivity contribution in [3.8, 4) is 5.75 Å². The van der Waals surface area contributed by atoms with Crippen LogP contribution < -0.4 is 10.1 Å². The smallest absolute Gasteiger partial charge is 0.220 e. The van der Waals surface area contributed by atoms with E-state index in [9.17, 15) is 4.79 Å². The number of amides is 1. The van der Waals surface area contributed by atoms with Crippen molar-refractivity contribution in [3.05, 3.63) is 101 Å². The fourth-order valence-electron chi connectivity index (χ4n) is 3.53. The second-order valence-corrected chi connectivity index (χ2v) is 7.81. The molecule has 3 aromatic carbocycles. The van der Waals surface area contributed by atoms with Gasteiger partial charge in [0.15, 0.2) is 0 Å². The van der Waals surface area contributed by atoms with E-state index in [-0.39, 0.29) is 11.8 Å². The van der Waals surface area contributed by atoms with Crippen LogP contribution in [0, 0.1) is 6.92 Å². The van der Waals surface area contributed by atoms with E-state index in [1.54, 1.807) is 0 Å². The van der Waals surface area contributed by atoms with Gasteiger partial charge in [-0.2, -0.15) is 0 Å². The van der Waals surface area contributed by atoms with E-state index in [0.29, 0.717) is 31.0 Å². The summed E-state index contributed by atoms with van der Waals surface area (Å²) in [7, 11) is 0. The molecule has 0 aliphatic rings. The Bertz CT molecular complexity index is 889. The van der Waals surface area contributed by atoms with E-state index >= 15 is 0 Å². The Hall–Kier alpha value is -2.78. The van der Waals surface area contributed by atoms with Gasteiger partial charge in [0.1, 0.15) is 5.75 Å². The third kappa shape index (κ3) is 6.64. The average Bonchev–Trinajstić information content (AvgIpc) is 2.77. The second kappa shape index (κ2) is 11.4. The third-order valence-electron chi connectivity index (χ3n) is 5.10. The predicted molar refractivity (Wildman–Crippen MR) is 123 cm³/mol. The highest BCUT2D eigenvalue weighted by molar-refractivity contribution is 6.30. The predicted octanol–water partition coefficient (Wildman–Crippen LogP) is 6.15. The SMILES string of the molecule is Cc1cc(Cl)ccc1OCCCC(=O)NCCC(c1ccccc1)c1ccccc1. The molecule has 0 bridgehead atoms. The van der Waals surface area contributed by atoms with Crippen molar-refractivity contribution in [2.24, 2.45) is 0 Å². The van der Waals surface area contributed by atoms with E-state index < -0.39 is 0 Å². The lowest BCUT2D eigenvalue weighted by Crippen LogP contribution is -2.26. The topological polar surface area (TPSA) is 38.3 Å². The molecule has 1 amide bonds. The number of benzene rings is 3. The number of aryl methyl sites for hydroxylation is 1. The molecule has 0 atom stereocenters. The van der Waals surface area contributed by atoms with Crippen molar-refractivity contribution in [1.29, 1.82) is 0 Å². The van der Waals surface area contributed by atoms with Gasteiger partial charge in [-0.1, -0.05) is 72.3 Å². The van der Waals surface area contributed by atoms with Crippen molar-refractivity contribution in [2.45, 2.75) is 32.1 Å². The zero-order valence-corrected chi connectivity index (χ0v) is 18.1. The summed E-state index contributed by atoms with van der Waals surface area (Å²) >= 11 is 5.96. The molecule has 3 rings (SSSR count). The number of nitrogens with one attached hydrogen (secondary N) is 1. The van der Waals surface area contributed by atoms with Crippen molar-refractivity contribution >= 4 is 17.5 Å². The summed E-state index contributed by atoms with van der Waals surface area (Å²) in [6.07, 6.45) is 1.99. The van der Waals surface area contributed by atoms with Crippen LogP contribution in [0.3, 0.4) is 0 Å². The summed E-state index contributed by atoms with van der Waals surface area (Å²) in [6, 6.07) is 26.5. The Labute approximate surface area is 184 Å². The second-order valence-electron chi connectivity index (χ2n) is 7.37. The highest BCUT2D eigenvalue weighted by Gasteiger charge is 2.14. The van der Waals surface area contributed by atoms with Crippen LogP contribution in [0.4, 0.5) is 0 Å². The van der Waals surface area contributed by atoms with Crippen molar-refractivity contribution in [1.82, 2.24) is 5.32 Å². The first kappa shape index (κ1) is 21.9. The molecule has 3 aromatic rings. The lowest BCUT2D eigenvalue weighted by atomic mass is 9.88. The number of rotatable bonds is 10. The van der Waals surface area contributed by atoms with Crippen molar-refractivity contribution in [2.75, 3.05) is 13.2 Å². The lowest BCUT2D eigenvalue weighted by Gasteiger charge is -2.18. The maximum absolute atomic E-state index is 12.2. The minimum atomic E-state index is 0.0614. The maximum Gasteiger partial charge on any atom is 0.220 e.